The lowest BCUT2D eigenvalue weighted by Gasteiger charge is -2.42. The molecular formula is C35H39N5O2. The number of amides is 2. The number of rotatable bonds is 5. The van der Waals surface area contributed by atoms with Crippen molar-refractivity contribution in [2.75, 3.05) is 39.3 Å². The standard InChI is InChI=1S/C35H39N5O2/c1-25-22-31(26(2)37(25)3)35(42)39-16-14-30(15-17-39)38-18-20-40(21-19-38)34(41)29-23-32(27-10-6-4-7-11-27)36-33(24-29)28-12-8-5-9-13-28/h4-13,22-24,30H,14-21H2,1-3H3. The maximum absolute atomic E-state index is 13.8. The van der Waals surface area contributed by atoms with Crippen LogP contribution in [0.1, 0.15) is 44.9 Å². The summed E-state index contributed by atoms with van der Waals surface area (Å²) in [6.07, 6.45) is 1.94. The minimum atomic E-state index is 0.0559. The van der Waals surface area contributed by atoms with Gasteiger partial charge in [-0.3, -0.25) is 14.5 Å². The topological polar surface area (TPSA) is 61.7 Å². The SMILES string of the molecule is Cc1cc(C(=O)N2CCC(N3CCN(C(=O)c4cc(-c5ccccc5)nc(-c5ccccc5)c4)CC3)CC2)c(C)n1C. The summed E-state index contributed by atoms with van der Waals surface area (Å²) in [5.74, 6) is 0.201. The minimum absolute atomic E-state index is 0.0559. The molecule has 2 fully saturated rings. The molecule has 0 saturated carbocycles. The number of carbonyl (C=O) groups is 2. The maximum Gasteiger partial charge on any atom is 0.255 e. The highest BCUT2D eigenvalue weighted by atomic mass is 16.2. The molecule has 0 aliphatic carbocycles. The van der Waals surface area contributed by atoms with Crippen molar-refractivity contribution in [3.05, 3.63) is 101 Å². The van der Waals surface area contributed by atoms with Crippen LogP contribution in [-0.4, -0.2) is 81.4 Å². The largest absolute Gasteiger partial charge is 0.351 e. The molecule has 2 aromatic carbocycles. The van der Waals surface area contributed by atoms with E-state index in [1.807, 2.05) is 110 Å². The first-order valence-electron chi connectivity index (χ1n) is 15.0. The van der Waals surface area contributed by atoms with Crippen molar-refractivity contribution < 1.29 is 9.59 Å². The molecule has 0 spiro atoms. The maximum atomic E-state index is 13.8. The van der Waals surface area contributed by atoms with E-state index in [2.05, 4.69) is 9.47 Å². The number of likely N-dealkylation sites (tertiary alicyclic amines) is 1. The van der Waals surface area contributed by atoms with E-state index in [1.54, 1.807) is 0 Å². The second kappa shape index (κ2) is 11.9. The normalized spacial score (nSPS) is 16.5. The Morgan fingerprint density at radius 1 is 0.690 bits per heavy atom. The molecule has 2 aliphatic heterocycles. The van der Waals surface area contributed by atoms with Crippen LogP contribution < -0.4 is 0 Å². The molecule has 0 radical (unpaired) electrons. The van der Waals surface area contributed by atoms with E-state index in [0.29, 0.717) is 24.7 Å². The van der Waals surface area contributed by atoms with Crippen molar-refractivity contribution in [1.29, 1.82) is 0 Å². The van der Waals surface area contributed by atoms with Crippen LogP contribution in [0, 0.1) is 13.8 Å². The van der Waals surface area contributed by atoms with Crippen molar-refractivity contribution in [1.82, 2.24) is 24.3 Å². The van der Waals surface area contributed by atoms with Crippen molar-refractivity contribution in [3.63, 3.8) is 0 Å². The number of aromatic nitrogens is 2. The molecule has 2 saturated heterocycles. The number of pyridine rings is 1. The summed E-state index contributed by atoms with van der Waals surface area (Å²) >= 11 is 0. The van der Waals surface area contributed by atoms with E-state index in [1.165, 1.54) is 0 Å². The van der Waals surface area contributed by atoms with Crippen LogP contribution in [0.15, 0.2) is 78.9 Å². The third-order valence-electron chi connectivity index (χ3n) is 9.09. The van der Waals surface area contributed by atoms with Crippen molar-refractivity contribution in [3.8, 4) is 22.5 Å². The third kappa shape index (κ3) is 5.61. The molecule has 7 nitrogen and oxygen atoms in total. The summed E-state index contributed by atoms with van der Waals surface area (Å²) < 4.78 is 2.08. The van der Waals surface area contributed by atoms with E-state index in [0.717, 1.165) is 78.5 Å². The van der Waals surface area contributed by atoms with Crippen LogP contribution in [0.2, 0.25) is 0 Å². The summed E-state index contributed by atoms with van der Waals surface area (Å²) in [7, 11) is 2.01. The Hall–Kier alpha value is -4.23. The molecule has 6 rings (SSSR count). The minimum Gasteiger partial charge on any atom is -0.351 e. The zero-order valence-electron chi connectivity index (χ0n) is 24.8. The summed E-state index contributed by atoms with van der Waals surface area (Å²) in [6.45, 7) is 8.71. The molecule has 2 amide bonds. The van der Waals surface area contributed by atoms with E-state index in [-0.39, 0.29) is 11.8 Å². The smallest absolute Gasteiger partial charge is 0.255 e. The number of benzene rings is 2. The Balaban J connectivity index is 1.10. The number of carbonyl (C=O) groups excluding carboxylic acids is 2. The van der Waals surface area contributed by atoms with Gasteiger partial charge in [-0.2, -0.15) is 0 Å². The molecule has 4 heterocycles. The van der Waals surface area contributed by atoms with Gasteiger partial charge in [0.2, 0.25) is 0 Å². The van der Waals surface area contributed by atoms with Gasteiger partial charge in [-0.1, -0.05) is 60.7 Å². The van der Waals surface area contributed by atoms with Gasteiger partial charge in [-0.25, -0.2) is 4.98 Å². The quantitative estimate of drug-likeness (QED) is 0.326. The Bertz CT molecular complexity index is 1510. The number of hydrogen-bond donors (Lipinski definition) is 0. The molecule has 42 heavy (non-hydrogen) atoms. The highest BCUT2D eigenvalue weighted by Gasteiger charge is 2.31. The van der Waals surface area contributed by atoms with Gasteiger partial charge in [0.05, 0.1) is 17.0 Å². The fourth-order valence-electron chi connectivity index (χ4n) is 6.32. The number of nitrogens with zero attached hydrogens (tertiary/aromatic N) is 5. The van der Waals surface area contributed by atoms with Gasteiger partial charge in [0, 0.05) is 80.4 Å². The average molecular weight is 562 g/mol. The number of piperazine rings is 1. The number of piperidine rings is 1. The highest BCUT2D eigenvalue weighted by Crippen LogP contribution is 2.27. The predicted octanol–water partition coefficient (Wildman–Crippen LogP) is 5.43. The lowest BCUT2D eigenvalue weighted by Crippen LogP contribution is -2.54. The van der Waals surface area contributed by atoms with Gasteiger partial charge < -0.3 is 14.4 Å². The van der Waals surface area contributed by atoms with Crippen LogP contribution in [0.5, 0.6) is 0 Å². The zero-order chi connectivity index (χ0) is 29.2. The Morgan fingerprint density at radius 3 is 1.71 bits per heavy atom. The van der Waals surface area contributed by atoms with E-state index >= 15 is 0 Å². The fraction of sp³-hybridized carbons (Fsp3) is 0.343. The Kier molecular flexibility index (Phi) is 7.94. The van der Waals surface area contributed by atoms with Crippen molar-refractivity contribution >= 4 is 11.8 Å². The molecule has 2 aliphatic rings. The molecule has 0 atom stereocenters. The molecule has 7 heteroatoms. The van der Waals surface area contributed by atoms with Crippen molar-refractivity contribution in [2.24, 2.45) is 7.05 Å². The molecule has 0 unspecified atom stereocenters. The monoisotopic (exact) mass is 561 g/mol. The van der Waals surface area contributed by atoms with Gasteiger partial charge in [0.25, 0.3) is 11.8 Å². The average Bonchev–Trinajstić information content (AvgIpc) is 3.32. The van der Waals surface area contributed by atoms with Gasteiger partial charge in [-0.05, 0) is 44.9 Å². The fourth-order valence-corrected chi connectivity index (χ4v) is 6.32. The predicted molar refractivity (Wildman–Crippen MR) is 166 cm³/mol. The first-order valence-corrected chi connectivity index (χ1v) is 15.0. The first kappa shape index (κ1) is 27.9. The summed E-state index contributed by atoms with van der Waals surface area (Å²) in [6, 6.07) is 26.4. The lowest BCUT2D eigenvalue weighted by molar-refractivity contribution is 0.0412. The summed E-state index contributed by atoms with van der Waals surface area (Å²) in [5, 5.41) is 0. The van der Waals surface area contributed by atoms with E-state index < -0.39 is 0 Å². The summed E-state index contributed by atoms with van der Waals surface area (Å²) in [5.41, 5.74) is 7.24. The molecule has 4 aromatic rings. The first-order chi connectivity index (χ1) is 20.4. The van der Waals surface area contributed by atoms with E-state index in [4.69, 9.17) is 4.98 Å². The van der Waals surface area contributed by atoms with Crippen LogP contribution in [-0.2, 0) is 7.05 Å². The number of aryl methyl sites for hydroxylation is 1. The zero-order valence-corrected chi connectivity index (χ0v) is 24.8. The van der Waals surface area contributed by atoms with Crippen LogP contribution in [0.25, 0.3) is 22.5 Å². The lowest BCUT2D eigenvalue weighted by atomic mass is 10.0. The highest BCUT2D eigenvalue weighted by molar-refractivity contribution is 5.97. The second-order valence-electron chi connectivity index (χ2n) is 11.6. The van der Waals surface area contributed by atoms with Crippen LogP contribution >= 0.6 is 0 Å². The third-order valence-corrected chi connectivity index (χ3v) is 9.09. The van der Waals surface area contributed by atoms with Gasteiger partial charge in [0.1, 0.15) is 0 Å². The molecule has 2 aromatic heterocycles. The van der Waals surface area contributed by atoms with Gasteiger partial charge in [-0.15, -0.1) is 0 Å². The van der Waals surface area contributed by atoms with Crippen molar-refractivity contribution in [2.45, 2.75) is 32.7 Å². The summed E-state index contributed by atoms with van der Waals surface area (Å²) in [4.78, 5) is 38.4. The van der Waals surface area contributed by atoms with Gasteiger partial charge >= 0.3 is 0 Å². The molecule has 0 N–H and O–H groups in total. The van der Waals surface area contributed by atoms with Gasteiger partial charge in [0.15, 0.2) is 0 Å². The Labute approximate surface area is 248 Å². The second-order valence-corrected chi connectivity index (χ2v) is 11.6. The molecule has 216 valence electrons. The molecular weight excluding hydrogens is 522 g/mol. The van der Waals surface area contributed by atoms with E-state index in [9.17, 15) is 9.59 Å². The Morgan fingerprint density at radius 2 is 1.21 bits per heavy atom. The number of hydrogen-bond acceptors (Lipinski definition) is 4. The molecule has 0 bridgehead atoms. The van der Waals surface area contributed by atoms with Crippen LogP contribution in [0.4, 0.5) is 0 Å². The van der Waals surface area contributed by atoms with Crippen LogP contribution in [0.3, 0.4) is 0 Å².